The van der Waals surface area contributed by atoms with E-state index in [1.807, 2.05) is 31.2 Å². The maximum atomic E-state index is 11.5. The van der Waals surface area contributed by atoms with Crippen LogP contribution in [0.4, 0.5) is 5.69 Å². The van der Waals surface area contributed by atoms with Crippen molar-refractivity contribution >= 4 is 29.0 Å². The molecule has 5 nitrogen and oxygen atoms in total. The topological polar surface area (TPSA) is 59.6 Å². The zero-order valence-electron chi connectivity index (χ0n) is 10.8. The van der Waals surface area contributed by atoms with Gasteiger partial charge in [-0.05, 0) is 31.3 Å². The molecular weight excluding hydrogens is 264 g/mol. The summed E-state index contributed by atoms with van der Waals surface area (Å²) in [5.41, 5.74) is 0.802. The number of esters is 1. The molecule has 0 amide bonds. The molecule has 2 rings (SSSR count). The average Bonchev–Trinajstić information content (AvgIpc) is 2.68. The lowest BCUT2D eigenvalue weighted by Crippen LogP contribution is -2.40. The second kappa shape index (κ2) is 5.88. The van der Waals surface area contributed by atoms with Crippen LogP contribution in [0.15, 0.2) is 24.3 Å². The number of ether oxygens (including phenoxy) is 2. The van der Waals surface area contributed by atoms with Crippen molar-refractivity contribution in [3.05, 3.63) is 24.3 Å². The molecule has 1 aromatic rings. The van der Waals surface area contributed by atoms with Crippen LogP contribution in [0.2, 0.25) is 0 Å². The van der Waals surface area contributed by atoms with Crippen LogP contribution in [0.3, 0.4) is 0 Å². The zero-order chi connectivity index (χ0) is 13.8. The van der Waals surface area contributed by atoms with Gasteiger partial charge in [0.1, 0.15) is 17.9 Å². The summed E-state index contributed by atoms with van der Waals surface area (Å²) in [5.74, 6) is 0.476. The Morgan fingerprint density at radius 1 is 1.53 bits per heavy atom. The number of carbonyl (C=O) groups excluding carboxylic acids is 1. The molecule has 2 atom stereocenters. The molecule has 19 heavy (non-hydrogen) atoms. The minimum Gasteiger partial charge on any atom is -0.497 e. The van der Waals surface area contributed by atoms with Gasteiger partial charge in [-0.1, -0.05) is 6.07 Å². The number of benzene rings is 1. The first-order chi connectivity index (χ1) is 9.08. The van der Waals surface area contributed by atoms with Gasteiger partial charge < -0.3 is 20.1 Å². The van der Waals surface area contributed by atoms with Crippen molar-refractivity contribution in [1.82, 2.24) is 5.32 Å². The summed E-state index contributed by atoms with van der Waals surface area (Å²) in [5, 5.41) is 6.35. The maximum absolute atomic E-state index is 11.5. The van der Waals surface area contributed by atoms with Gasteiger partial charge in [0.25, 0.3) is 0 Å². The van der Waals surface area contributed by atoms with Gasteiger partial charge in [-0.3, -0.25) is 0 Å². The largest absolute Gasteiger partial charge is 0.497 e. The lowest BCUT2D eigenvalue weighted by molar-refractivity contribution is -0.142. The SMILES string of the molecule is COc1cccc(NC(=S)N[C@@H]2C[C@H](C)OC2=O)c1. The average molecular weight is 280 g/mol. The highest BCUT2D eigenvalue weighted by atomic mass is 32.1. The van der Waals surface area contributed by atoms with E-state index in [-0.39, 0.29) is 18.1 Å². The van der Waals surface area contributed by atoms with Crippen LogP contribution in [0.25, 0.3) is 0 Å². The smallest absolute Gasteiger partial charge is 0.329 e. The van der Waals surface area contributed by atoms with Gasteiger partial charge in [-0.15, -0.1) is 0 Å². The van der Waals surface area contributed by atoms with Gasteiger partial charge in [0.05, 0.1) is 7.11 Å². The van der Waals surface area contributed by atoms with E-state index in [0.717, 1.165) is 11.4 Å². The molecule has 6 heteroatoms. The Morgan fingerprint density at radius 2 is 2.32 bits per heavy atom. The van der Waals surface area contributed by atoms with Crippen LogP contribution in [0.1, 0.15) is 13.3 Å². The molecule has 1 aliphatic heterocycles. The molecule has 0 saturated carbocycles. The van der Waals surface area contributed by atoms with Crippen molar-refractivity contribution in [2.75, 3.05) is 12.4 Å². The molecule has 1 aromatic carbocycles. The summed E-state index contributed by atoms with van der Waals surface area (Å²) >= 11 is 5.17. The molecule has 102 valence electrons. The van der Waals surface area contributed by atoms with Crippen molar-refractivity contribution in [1.29, 1.82) is 0 Å². The number of anilines is 1. The zero-order valence-corrected chi connectivity index (χ0v) is 11.6. The van der Waals surface area contributed by atoms with Crippen LogP contribution in [-0.4, -0.2) is 30.3 Å². The number of rotatable bonds is 3. The number of nitrogens with one attached hydrogen (secondary N) is 2. The van der Waals surface area contributed by atoms with E-state index < -0.39 is 0 Å². The van der Waals surface area contributed by atoms with E-state index >= 15 is 0 Å². The second-order valence-corrected chi connectivity index (χ2v) is 4.77. The summed E-state index contributed by atoms with van der Waals surface area (Å²) in [6.45, 7) is 1.86. The highest BCUT2D eigenvalue weighted by Crippen LogP contribution is 2.17. The second-order valence-electron chi connectivity index (χ2n) is 4.37. The first-order valence-corrected chi connectivity index (χ1v) is 6.41. The summed E-state index contributed by atoms with van der Waals surface area (Å²) in [6, 6.07) is 7.02. The van der Waals surface area contributed by atoms with Crippen LogP contribution in [0, 0.1) is 0 Å². The summed E-state index contributed by atoms with van der Waals surface area (Å²) in [7, 11) is 1.60. The molecule has 0 spiro atoms. The molecule has 0 radical (unpaired) electrons. The van der Waals surface area contributed by atoms with Crippen molar-refractivity contribution in [2.45, 2.75) is 25.5 Å². The fourth-order valence-corrected chi connectivity index (χ4v) is 2.16. The lowest BCUT2D eigenvalue weighted by Gasteiger charge is -2.13. The molecule has 1 aliphatic rings. The van der Waals surface area contributed by atoms with E-state index in [2.05, 4.69) is 10.6 Å². The number of hydrogen-bond acceptors (Lipinski definition) is 4. The number of cyclic esters (lactones) is 1. The third-order valence-corrected chi connectivity index (χ3v) is 3.02. The Kier molecular flexibility index (Phi) is 4.21. The summed E-state index contributed by atoms with van der Waals surface area (Å²) in [4.78, 5) is 11.5. The number of thiocarbonyl (C=S) groups is 1. The van der Waals surface area contributed by atoms with Gasteiger partial charge in [0.15, 0.2) is 5.11 Å². The fourth-order valence-electron chi connectivity index (χ4n) is 1.90. The van der Waals surface area contributed by atoms with E-state index in [4.69, 9.17) is 21.7 Å². The van der Waals surface area contributed by atoms with Crippen LogP contribution in [0.5, 0.6) is 5.75 Å². The minimum atomic E-state index is -0.374. The monoisotopic (exact) mass is 280 g/mol. The van der Waals surface area contributed by atoms with Crippen LogP contribution in [-0.2, 0) is 9.53 Å². The third-order valence-electron chi connectivity index (χ3n) is 2.80. The predicted molar refractivity (Wildman–Crippen MR) is 76.3 cm³/mol. The molecule has 2 N–H and O–H groups in total. The lowest BCUT2D eigenvalue weighted by atomic mass is 10.2. The van der Waals surface area contributed by atoms with Gasteiger partial charge in [0.2, 0.25) is 0 Å². The number of carbonyl (C=O) groups is 1. The molecule has 0 aliphatic carbocycles. The van der Waals surface area contributed by atoms with E-state index in [9.17, 15) is 4.79 Å². The Labute approximate surface area is 117 Å². The summed E-state index contributed by atoms with van der Waals surface area (Å²) < 4.78 is 10.2. The predicted octanol–water partition coefficient (Wildman–Crippen LogP) is 1.69. The number of methoxy groups -OCH3 is 1. The molecule has 1 saturated heterocycles. The standard InChI is InChI=1S/C13H16N2O3S/c1-8-6-11(12(16)18-8)15-13(19)14-9-4-3-5-10(7-9)17-2/h3-5,7-8,11H,6H2,1-2H3,(H2,14,15,19)/t8-,11+/m0/s1. The Bertz CT molecular complexity index is 493. The van der Waals surface area contributed by atoms with Gasteiger partial charge >= 0.3 is 5.97 Å². The minimum absolute atomic E-state index is 0.0652. The van der Waals surface area contributed by atoms with Gasteiger partial charge in [-0.2, -0.15) is 0 Å². The third kappa shape index (κ3) is 3.57. The van der Waals surface area contributed by atoms with Crippen LogP contribution < -0.4 is 15.4 Å². The van der Waals surface area contributed by atoms with E-state index in [0.29, 0.717) is 11.5 Å². The highest BCUT2D eigenvalue weighted by molar-refractivity contribution is 7.80. The quantitative estimate of drug-likeness (QED) is 0.649. The first kappa shape index (κ1) is 13.6. The first-order valence-electron chi connectivity index (χ1n) is 6.00. The van der Waals surface area contributed by atoms with Crippen molar-refractivity contribution < 1.29 is 14.3 Å². The Hall–Kier alpha value is -1.82. The van der Waals surface area contributed by atoms with Crippen molar-refractivity contribution in [2.24, 2.45) is 0 Å². The number of hydrogen-bond donors (Lipinski definition) is 2. The molecule has 0 aromatic heterocycles. The molecule has 1 heterocycles. The molecule has 1 fully saturated rings. The van der Waals surface area contributed by atoms with Crippen LogP contribution >= 0.6 is 12.2 Å². The fraction of sp³-hybridized carbons (Fsp3) is 0.385. The van der Waals surface area contributed by atoms with E-state index in [1.54, 1.807) is 7.11 Å². The van der Waals surface area contributed by atoms with Crippen molar-refractivity contribution in [3.63, 3.8) is 0 Å². The Morgan fingerprint density at radius 3 is 2.95 bits per heavy atom. The molecular formula is C13H16N2O3S. The van der Waals surface area contributed by atoms with Gasteiger partial charge in [-0.25, -0.2) is 4.79 Å². The molecule has 0 bridgehead atoms. The molecule has 0 unspecified atom stereocenters. The van der Waals surface area contributed by atoms with Crippen molar-refractivity contribution in [3.8, 4) is 5.75 Å². The maximum Gasteiger partial charge on any atom is 0.329 e. The highest BCUT2D eigenvalue weighted by Gasteiger charge is 2.32. The van der Waals surface area contributed by atoms with E-state index in [1.165, 1.54) is 0 Å². The Balaban J connectivity index is 1.92. The summed E-state index contributed by atoms with van der Waals surface area (Å²) in [6.07, 6.45) is 0.559. The van der Waals surface area contributed by atoms with Gasteiger partial charge in [0, 0.05) is 18.2 Å². The normalized spacial score (nSPS) is 21.7.